The molecule has 0 spiro atoms. The van der Waals surface area contributed by atoms with Gasteiger partial charge in [-0.05, 0) is 22.0 Å². The van der Waals surface area contributed by atoms with E-state index in [1.165, 1.54) is 0 Å². The molecule has 1 rings (SSSR count). The minimum absolute atomic E-state index is 0.593. The van der Waals surface area contributed by atoms with Crippen LogP contribution in [0.25, 0.3) is 0 Å². The molecule has 0 aromatic carbocycles. The van der Waals surface area contributed by atoms with Gasteiger partial charge in [0.05, 0.1) is 0 Å². The van der Waals surface area contributed by atoms with E-state index >= 15 is 0 Å². The van der Waals surface area contributed by atoms with Crippen molar-refractivity contribution in [3.63, 3.8) is 0 Å². The molecule has 0 aliphatic heterocycles. The van der Waals surface area contributed by atoms with E-state index in [1.54, 1.807) is 0 Å². The Kier molecular flexibility index (Phi) is 3.86. The Hall–Kier alpha value is -2.07. The third-order valence-corrected chi connectivity index (χ3v) is 1.76. The lowest BCUT2D eigenvalue weighted by atomic mass is 10.3. The standard InChI is InChI=1S/C8H4F6N2O3/c9-7(10,11)6(8(12,13)14)19-4-2-1-3-15-5(4)16(17)18/h1-3,6H. The van der Waals surface area contributed by atoms with E-state index in [4.69, 9.17) is 0 Å². The molecule has 0 atom stereocenters. The van der Waals surface area contributed by atoms with Gasteiger partial charge in [0, 0.05) is 0 Å². The highest BCUT2D eigenvalue weighted by molar-refractivity contribution is 5.38. The molecule has 1 heterocycles. The number of hydrogen-bond acceptors (Lipinski definition) is 4. The van der Waals surface area contributed by atoms with Crippen LogP contribution in [0, 0.1) is 10.1 Å². The highest BCUT2D eigenvalue weighted by Crippen LogP contribution is 2.38. The number of halogens is 6. The van der Waals surface area contributed by atoms with Crippen LogP contribution in [-0.2, 0) is 0 Å². The van der Waals surface area contributed by atoms with Gasteiger partial charge >= 0.3 is 18.2 Å². The first kappa shape index (κ1) is 15.0. The van der Waals surface area contributed by atoms with Crippen LogP contribution in [0.5, 0.6) is 5.75 Å². The molecule has 1 aromatic heterocycles. The molecular formula is C8H4F6N2O3. The van der Waals surface area contributed by atoms with Crippen molar-refractivity contribution in [1.29, 1.82) is 0 Å². The molecule has 0 amide bonds. The Morgan fingerprint density at radius 2 is 1.74 bits per heavy atom. The highest BCUT2D eigenvalue weighted by atomic mass is 19.4. The predicted molar refractivity (Wildman–Crippen MR) is 47.4 cm³/mol. The van der Waals surface area contributed by atoms with Gasteiger partial charge in [0.25, 0.3) is 6.10 Å². The van der Waals surface area contributed by atoms with Gasteiger partial charge in [0.15, 0.2) is 0 Å². The first-order valence-electron chi connectivity index (χ1n) is 4.43. The molecule has 11 heteroatoms. The molecule has 0 radical (unpaired) electrons. The molecule has 0 fully saturated rings. The van der Waals surface area contributed by atoms with Crippen molar-refractivity contribution in [3.05, 3.63) is 28.4 Å². The predicted octanol–water partition coefficient (Wildman–Crippen LogP) is 2.86. The fraction of sp³-hybridized carbons (Fsp3) is 0.375. The van der Waals surface area contributed by atoms with Crippen LogP contribution in [0.15, 0.2) is 18.3 Å². The summed E-state index contributed by atoms with van der Waals surface area (Å²) in [6.45, 7) is 0. The zero-order valence-corrected chi connectivity index (χ0v) is 8.70. The molecule has 0 aliphatic carbocycles. The van der Waals surface area contributed by atoms with Crippen LogP contribution in [0.3, 0.4) is 0 Å². The monoisotopic (exact) mass is 290 g/mol. The Morgan fingerprint density at radius 3 is 2.16 bits per heavy atom. The summed E-state index contributed by atoms with van der Waals surface area (Å²) in [5, 5.41) is 10.4. The maximum absolute atomic E-state index is 12.2. The molecule has 0 aliphatic rings. The van der Waals surface area contributed by atoms with Gasteiger partial charge < -0.3 is 14.9 Å². The summed E-state index contributed by atoms with van der Waals surface area (Å²) in [6, 6.07) is 1.50. The van der Waals surface area contributed by atoms with E-state index < -0.39 is 34.9 Å². The van der Waals surface area contributed by atoms with Crippen molar-refractivity contribution < 1.29 is 36.0 Å². The number of nitro groups is 1. The number of hydrogen-bond donors (Lipinski definition) is 0. The van der Waals surface area contributed by atoms with E-state index in [-0.39, 0.29) is 0 Å². The molecule has 5 nitrogen and oxygen atoms in total. The highest BCUT2D eigenvalue weighted by Gasteiger charge is 2.59. The molecule has 1 aromatic rings. The molecular weight excluding hydrogens is 286 g/mol. The molecule has 0 saturated heterocycles. The smallest absolute Gasteiger partial charge is 0.434 e. The fourth-order valence-electron chi connectivity index (χ4n) is 1.06. The molecule has 0 unspecified atom stereocenters. The largest absolute Gasteiger partial charge is 0.463 e. The van der Waals surface area contributed by atoms with E-state index in [9.17, 15) is 36.5 Å². The molecule has 0 bridgehead atoms. The van der Waals surface area contributed by atoms with Crippen molar-refractivity contribution >= 4 is 5.82 Å². The Labute approximate surface area is 101 Å². The number of alkyl halides is 6. The summed E-state index contributed by atoms with van der Waals surface area (Å²) >= 11 is 0. The van der Waals surface area contributed by atoms with Crippen molar-refractivity contribution in [1.82, 2.24) is 4.98 Å². The zero-order chi connectivity index (χ0) is 14.8. The van der Waals surface area contributed by atoms with Gasteiger partial charge in [-0.1, -0.05) is 0 Å². The number of nitrogens with zero attached hydrogens (tertiary/aromatic N) is 2. The third kappa shape index (κ3) is 3.69. The SMILES string of the molecule is O=[N+]([O-])c1ncccc1OC(C(F)(F)F)C(F)(F)F. The van der Waals surface area contributed by atoms with E-state index in [1.807, 2.05) is 0 Å². The lowest BCUT2D eigenvalue weighted by Crippen LogP contribution is -2.46. The number of pyridine rings is 1. The van der Waals surface area contributed by atoms with Gasteiger partial charge in [-0.25, -0.2) is 0 Å². The van der Waals surface area contributed by atoms with Crippen LogP contribution < -0.4 is 4.74 Å². The summed E-state index contributed by atoms with van der Waals surface area (Å²) in [7, 11) is 0. The second-order valence-electron chi connectivity index (χ2n) is 3.16. The first-order chi connectivity index (χ1) is 8.53. The zero-order valence-electron chi connectivity index (χ0n) is 8.70. The normalized spacial score (nSPS) is 12.6. The number of rotatable bonds is 3. The van der Waals surface area contributed by atoms with Gasteiger partial charge in [-0.15, -0.1) is 0 Å². The second kappa shape index (κ2) is 4.90. The van der Waals surface area contributed by atoms with Gasteiger partial charge in [-0.3, -0.25) is 0 Å². The summed E-state index contributed by atoms with van der Waals surface area (Å²) < 4.78 is 76.9. The van der Waals surface area contributed by atoms with Crippen LogP contribution >= 0.6 is 0 Å². The molecule has 106 valence electrons. The summed E-state index contributed by atoms with van der Waals surface area (Å²) in [5.74, 6) is -2.45. The lowest BCUT2D eigenvalue weighted by molar-refractivity contribution is -0.392. The Balaban J connectivity index is 3.15. The quantitative estimate of drug-likeness (QED) is 0.488. The van der Waals surface area contributed by atoms with Crippen molar-refractivity contribution in [2.24, 2.45) is 0 Å². The van der Waals surface area contributed by atoms with Gasteiger partial charge in [0.2, 0.25) is 5.75 Å². The van der Waals surface area contributed by atoms with E-state index in [0.29, 0.717) is 6.07 Å². The lowest BCUT2D eigenvalue weighted by Gasteiger charge is -2.23. The summed E-state index contributed by atoms with van der Waals surface area (Å²) in [4.78, 5) is 12.2. The first-order valence-corrected chi connectivity index (χ1v) is 4.43. The van der Waals surface area contributed by atoms with Gasteiger partial charge in [-0.2, -0.15) is 26.3 Å². The maximum atomic E-state index is 12.2. The minimum atomic E-state index is -5.76. The summed E-state index contributed by atoms with van der Waals surface area (Å²) in [5.41, 5.74) is 0. The second-order valence-corrected chi connectivity index (χ2v) is 3.16. The van der Waals surface area contributed by atoms with Crippen LogP contribution in [0.4, 0.5) is 32.2 Å². The van der Waals surface area contributed by atoms with Gasteiger partial charge in [0.1, 0.15) is 6.20 Å². The third-order valence-electron chi connectivity index (χ3n) is 1.76. The van der Waals surface area contributed by atoms with Crippen molar-refractivity contribution in [3.8, 4) is 5.75 Å². The Morgan fingerprint density at radius 1 is 1.21 bits per heavy atom. The Bertz CT molecular complexity index is 458. The average Bonchev–Trinajstić information content (AvgIpc) is 2.23. The molecule has 0 saturated carbocycles. The van der Waals surface area contributed by atoms with E-state index in [2.05, 4.69) is 9.72 Å². The fourth-order valence-corrected chi connectivity index (χ4v) is 1.06. The number of ether oxygens (including phenoxy) is 1. The van der Waals surface area contributed by atoms with E-state index in [0.717, 1.165) is 12.3 Å². The average molecular weight is 290 g/mol. The summed E-state index contributed by atoms with van der Waals surface area (Å²) in [6.07, 6.45) is -14.9. The minimum Gasteiger partial charge on any atom is -0.463 e. The van der Waals surface area contributed by atoms with Crippen LogP contribution in [0.2, 0.25) is 0 Å². The maximum Gasteiger partial charge on any atom is 0.434 e. The van der Waals surface area contributed by atoms with Crippen molar-refractivity contribution in [2.45, 2.75) is 18.5 Å². The van der Waals surface area contributed by atoms with Crippen LogP contribution in [0.1, 0.15) is 0 Å². The number of aromatic nitrogens is 1. The van der Waals surface area contributed by atoms with Crippen LogP contribution in [-0.4, -0.2) is 28.4 Å². The topological polar surface area (TPSA) is 65.3 Å². The molecule has 0 N–H and O–H groups in total. The van der Waals surface area contributed by atoms with Crippen molar-refractivity contribution in [2.75, 3.05) is 0 Å². The molecule has 19 heavy (non-hydrogen) atoms.